The van der Waals surface area contributed by atoms with Gasteiger partial charge in [-0.15, -0.1) is 0 Å². The number of rotatable bonds is 7. The highest BCUT2D eigenvalue weighted by atomic mass is 32.1. The van der Waals surface area contributed by atoms with E-state index >= 15 is 0 Å². The zero-order valence-corrected chi connectivity index (χ0v) is 23.7. The minimum absolute atomic E-state index is 0.0828. The maximum atomic E-state index is 12.8. The number of nitrogens with zero attached hydrogens (tertiary/aromatic N) is 2. The Balaban J connectivity index is 0.000000517. The van der Waals surface area contributed by atoms with E-state index in [9.17, 15) is 18.0 Å². The number of carboxylic acid groups (broad SMARTS) is 1. The zero-order valence-electron chi connectivity index (χ0n) is 22.9. The SMILES string of the molecule is O=C(Nc1cccc(CN2CCCN(Cc3ccsc3)CC2)c1)c1ccc(-c2ccccc2)cc1.O=C(O)C(F)(F)F. The second-order valence-electron chi connectivity index (χ2n) is 9.94. The van der Waals surface area contributed by atoms with E-state index in [1.54, 1.807) is 11.3 Å². The lowest BCUT2D eigenvalue weighted by Gasteiger charge is -2.22. The molecule has 2 N–H and O–H groups in total. The quantitative estimate of drug-likeness (QED) is 0.241. The summed E-state index contributed by atoms with van der Waals surface area (Å²) in [4.78, 5) is 26.8. The molecule has 3 aromatic carbocycles. The molecular formula is C32H32F3N3O3S. The predicted octanol–water partition coefficient (Wildman–Crippen LogP) is 7.01. The molecule has 0 radical (unpaired) electrons. The summed E-state index contributed by atoms with van der Waals surface area (Å²) in [6.45, 7) is 6.35. The first-order valence-corrected chi connectivity index (χ1v) is 14.4. The minimum Gasteiger partial charge on any atom is -0.475 e. The maximum absolute atomic E-state index is 12.8. The Labute approximate surface area is 247 Å². The normalized spacial score (nSPS) is 14.4. The second kappa shape index (κ2) is 14.8. The Bertz CT molecular complexity index is 1430. The Hall–Kier alpha value is -3.99. The third kappa shape index (κ3) is 9.54. The predicted molar refractivity (Wildman–Crippen MR) is 159 cm³/mol. The fourth-order valence-electron chi connectivity index (χ4n) is 4.63. The van der Waals surface area contributed by atoms with E-state index in [0.29, 0.717) is 5.56 Å². The van der Waals surface area contributed by atoms with Gasteiger partial charge >= 0.3 is 12.1 Å². The van der Waals surface area contributed by atoms with Crippen LogP contribution in [-0.4, -0.2) is 59.1 Å². The van der Waals surface area contributed by atoms with Gasteiger partial charge in [0.25, 0.3) is 5.91 Å². The van der Waals surface area contributed by atoms with Gasteiger partial charge in [-0.05, 0) is 82.9 Å². The van der Waals surface area contributed by atoms with Crippen LogP contribution < -0.4 is 5.32 Å². The average molecular weight is 596 g/mol. The number of hydrogen-bond acceptors (Lipinski definition) is 5. The molecule has 220 valence electrons. The molecule has 1 fully saturated rings. The molecule has 1 aromatic heterocycles. The molecule has 1 saturated heterocycles. The molecule has 5 rings (SSSR count). The van der Waals surface area contributed by atoms with Gasteiger partial charge in [-0.25, -0.2) is 4.79 Å². The lowest BCUT2D eigenvalue weighted by Crippen LogP contribution is -2.30. The van der Waals surface area contributed by atoms with Crippen molar-refractivity contribution in [2.75, 3.05) is 31.5 Å². The highest BCUT2D eigenvalue weighted by Gasteiger charge is 2.38. The van der Waals surface area contributed by atoms with Crippen LogP contribution >= 0.6 is 11.3 Å². The number of hydrogen-bond donors (Lipinski definition) is 2. The molecule has 2 heterocycles. The zero-order chi connectivity index (χ0) is 30.0. The van der Waals surface area contributed by atoms with Crippen molar-refractivity contribution in [1.82, 2.24) is 9.80 Å². The van der Waals surface area contributed by atoms with E-state index in [1.165, 1.54) is 17.5 Å². The molecular weight excluding hydrogens is 563 g/mol. The van der Waals surface area contributed by atoms with Crippen LogP contribution in [0, 0.1) is 0 Å². The molecule has 0 saturated carbocycles. The fraction of sp³-hybridized carbons (Fsp3) is 0.250. The molecule has 0 unspecified atom stereocenters. The number of carboxylic acids is 1. The van der Waals surface area contributed by atoms with Crippen LogP contribution in [0.1, 0.15) is 27.9 Å². The van der Waals surface area contributed by atoms with Crippen molar-refractivity contribution in [2.45, 2.75) is 25.7 Å². The first-order chi connectivity index (χ1) is 20.2. The maximum Gasteiger partial charge on any atom is 0.490 e. The summed E-state index contributed by atoms with van der Waals surface area (Å²) in [5.41, 5.74) is 6.41. The standard InChI is InChI=1S/C30H31N3OS.C2HF3O2/c34-30(28-12-10-27(11-13-28)26-7-2-1-3-8-26)31-29-9-4-6-24(20-29)21-32-15-5-16-33(18-17-32)22-25-14-19-35-23-25;3-2(4,5)1(6)7/h1-4,6-14,19-20,23H,5,15-18,21-22H2,(H,31,34);(H,6,7). The van der Waals surface area contributed by atoms with Gasteiger partial charge < -0.3 is 10.4 Å². The van der Waals surface area contributed by atoms with Gasteiger partial charge in [-0.2, -0.15) is 24.5 Å². The van der Waals surface area contributed by atoms with Gasteiger partial charge in [0, 0.05) is 37.4 Å². The number of aliphatic carboxylic acids is 1. The van der Waals surface area contributed by atoms with Gasteiger partial charge in [0.2, 0.25) is 0 Å². The molecule has 1 aliphatic heterocycles. The summed E-state index contributed by atoms with van der Waals surface area (Å²) in [5, 5.41) is 14.6. The number of anilines is 1. The highest BCUT2D eigenvalue weighted by Crippen LogP contribution is 2.21. The van der Waals surface area contributed by atoms with Crippen LogP contribution in [0.3, 0.4) is 0 Å². The number of nitrogens with one attached hydrogen (secondary N) is 1. The first kappa shape index (κ1) is 31.0. The topological polar surface area (TPSA) is 72.9 Å². The van der Waals surface area contributed by atoms with Crippen LogP contribution in [0.5, 0.6) is 0 Å². The van der Waals surface area contributed by atoms with Gasteiger partial charge in [-0.1, -0.05) is 54.6 Å². The van der Waals surface area contributed by atoms with Crippen molar-refractivity contribution in [3.05, 3.63) is 112 Å². The van der Waals surface area contributed by atoms with Crippen molar-refractivity contribution < 1.29 is 27.9 Å². The first-order valence-electron chi connectivity index (χ1n) is 13.5. The third-order valence-corrected chi connectivity index (χ3v) is 7.49. The Morgan fingerprint density at radius 2 is 1.40 bits per heavy atom. The van der Waals surface area contributed by atoms with Crippen molar-refractivity contribution >= 4 is 28.9 Å². The van der Waals surface area contributed by atoms with Crippen LogP contribution in [0.25, 0.3) is 11.1 Å². The number of benzene rings is 3. The molecule has 4 aromatic rings. The van der Waals surface area contributed by atoms with E-state index in [1.807, 2.05) is 54.6 Å². The van der Waals surface area contributed by atoms with Crippen molar-refractivity contribution in [3.63, 3.8) is 0 Å². The van der Waals surface area contributed by atoms with E-state index in [4.69, 9.17) is 9.90 Å². The van der Waals surface area contributed by atoms with Gasteiger partial charge in [0.1, 0.15) is 0 Å². The van der Waals surface area contributed by atoms with Crippen molar-refractivity contribution in [2.24, 2.45) is 0 Å². The van der Waals surface area contributed by atoms with E-state index in [2.05, 4.69) is 56.2 Å². The summed E-state index contributed by atoms with van der Waals surface area (Å²) in [6.07, 6.45) is -3.90. The van der Waals surface area contributed by atoms with E-state index < -0.39 is 12.1 Å². The molecule has 0 spiro atoms. The van der Waals surface area contributed by atoms with Gasteiger partial charge in [-0.3, -0.25) is 14.6 Å². The highest BCUT2D eigenvalue weighted by molar-refractivity contribution is 7.07. The summed E-state index contributed by atoms with van der Waals surface area (Å²) >= 11 is 1.77. The monoisotopic (exact) mass is 595 g/mol. The van der Waals surface area contributed by atoms with Gasteiger partial charge in [0.05, 0.1) is 0 Å². The summed E-state index contributed by atoms with van der Waals surface area (Å²) in [7, 11) is 0. The number of carbonyl (C=O) groups is 2. The van der Waals surface area contributed by atoms with Crippen LogP contribution in [-0.2, 0) is 17.9 Å². The summed E-state index contributed by atoms with van der Waals surface area (Å²) in [6, 6.07) is 28.5. The molecule has 42 heavy (non-hydrogen) atoms. The lowest BCUT2D eigenvalue weighted by atomic mass is 10.0. The molecule has 0 atom stereocenters. The number of amides is 1. The number of halogens is 3. The Morgan fingerprint density at radius 1 is 0.786 bits per heavy atom. The number of thiophene rings is 1. The van der Waals surface area contributed by atoms with Crippen LogP contribution in [0.4, 0.5) is 18.9 Å². The van der Waals surface area contributed by atoms with Crippen molar-refractivity contribution in [1.29, 1.82) is 0 Å². The largest absolute Gasteiger partial charge is 0.490 e. The molecule has 6 nitrogen and oxygen atoms in total. The molecule has 1 aliphatic rings. The number of alkyl halides is 3. The van der Waals surface area contributed by atoms with Gasteiger partial charge in [0.15, 0.2) is 0 Å². The fourth-order valence-corrected chi connectivity index (χ4v) is 5.29. The van der Waals surface area contributed by atoms with E-state index in [0.717, 1.165) is 56.1 Å². The third-order valence-electron chi connectivity index (χ3n) is 6.76. The molecule has 0 aliphatic carbocycles. The second-order valence-corrected chi connectivity index (χ2v) is 10.7. The smallest absolute Gasteiger partial charge is 0.475 e. The minimum atomic E-state index is -5.08. The van der Waals surface area contributed by atoms with Crippen LogP contribution in [0.15, 0.2) is 95.7 Å². The molecule has 0 bridgehead atoms. The van der Waals surface area contributed by atoms with Crippen LogP contribution in [0.2, 0.25) is 0 Å². The Morgan fingerprint density at radius 3 is 2.00 bits per heavy atom. The summed E-state index contributed by atoms with van der Waals surface area (Å²) < 4.78 is 31.7. The molecule has 10 heteroatoms. The average Bonchev–Trinajstić information content (AvgIpc) is 3.39. The molecule has 1 amide bonds. The van der Waals surface area contributed by atoms with Crippen molar-refractivity contribution in [3.8, 4) is 11.1 Å². The van der Waals surface area contributed by atoms with E-state index in [-0.39, 0.29) is 5.91 Å². The summed E-state index contributed by atoms with van der Waals surface area (Å²) in [5.74, 6) is -2.84. The Kier molecular flexibility index (Phi) is 10.9. The number of carbonyl (C=O) groups excluding carboxylic acids is 1. The lowest BCUT2D eigenvalue weighted by molar-refractivity contribution is -0.192.